The maximum atomic E-state index is 13.0. The number of carbonyl (C=O) groups is 2. The number of esters is 1. The molecule has 1 aromatic carbocycles. The largest absolute Gasteiger partial charge is 0.458 e. The van der Waals surface area contributed by atoms with Crippen LogP contribution in [0.3, 0.4) is 0 Å². The molecule has 0 aliphatic heterocycles. The second-order valence-electron chi connectivity index (χ2n) is 6.92. The fourth-order valence-electron chi connectivity index (χ4n) is 3.41. The van der Waals surface area contributed by atoms with Crippen LogP contribution in [0.4, 0.5) is 0 Å². The predicted octanol–water partition coefficient (Wildman–Crippen LogP) is 3.86. The molecule has 28 heavy (non-hydrogen) atoms. The van der Waals surface area contributed by atoms with Gasteiger partial charge in [0.15, 0.2) is 5.82 Å². The van der Waals surface area contributed by atoms with Crippen molar-refractivity contribution in [1.29, 1.82) is 0 Å². The summed E-state index contributed by atoms with van der Waals surface area (Å²) in [4.78, 5) is 34.5. The molecule has 1 saturated carbocycles. The summed E-state index contributed by atoms with van der Waals surface area (Å²) in [5.41, 5.74) is 1.36. The third-order valence-corrected chi connectivity index (χ3v) is 4.81. The average molecular weight is 379 g/mol. The summed E-state index contributed by atoms with van der Waals surface area (Å²) in [6.07, 6.45) is 6.74. The number of carbonyl (C=O) groups excluding carboxylic acids is 2. The van der Waals surface area contributed by atoms with Gasteiger partial charge < -0.3 is 10.1 Å². The van der Waals surface area contributed by atoms with E-state index in [-0.39, 0.29) is 29.8 Å². The van der Waals surface area contributed by atoms with Crippen LogP contribution in [0.5, 0.6) is 0 Å². The highest BCUT2D eigenvalue weighted by atomic mass is 16.5. The molecular formula is C22H25N3O3. The summed E-state index contributed by atoms with van der Waals surface area (Å²) in [6.45, 7) is 5.30. The van der Waals surface area contributed by atoms with Crippen LogP contribution in [0.2, 0.25) is 0 Å². The molecule has 1 aliphatic carbocycles. The second kappa shape index (κ2) is 9.26. The highest BCUT2D eigenvalue weighted by Gasteiger charge is 2.27. The number of ether oxygens (including phenoxy) is 1. The predicted molar refractivity (Wildman–Crippen MR) is 107 cm³/mol. The van der Waals surface area contributed by atoms with Crippen LogP contribution >= 0.6 is 0 Å². The van der Waals surface area contributed by atoms with E-state index < -0.39 is 5.97 Å². The van der Waals surface area contributed by atoms with Crippen molar-refractivity contribution in [1.82, 2.24) is 15.3 Å². The van der Waals surface area contributed by atoms with Crippen molar-refractivity contribution in [3.05, 3.63) is 59.9 Å². The molecule has 1 fully saturated rings. The third-order valence-electron chi connectivity index (χ3n) is 4.81. The van der Waals surface area contributed by atoms with Crippen molar-refractivity contribution in [2.75, 3.05) is 6.61 Å². The Bertz CT molecular complexity index is 859. The quantitative estimate of drug-likeness (QED) is 0.609. The van der Waals surface area contributed by atoms with E-state index in [1.807, 2.05) is 30.3 Å². The Hall–Kier alpha value is -3.02. The van der Waals surface area contributed by atoms with Crippen molar-refractivity contribution in [3.63, 3.8) is 0 Å². The number of hydrogen-bond acceptors (Lipinski definition) is 5. The maximum Gasteiger partial charge on any atom is 0.342 e. The second-order valence-corrected chi connectivity index (χ2v) is 6.92. The smallest absolute Gasteiger partial charge is 0.342 e. The molecule has 0 bridgehead atoms. The normalized spacial score (nSPS) is 14.3. The van der Waals surface area contributed by atoms with Crippen molar-refractivity contribution in [2.24, 2.45) is 0 Å². The Morgan fingerprint density at radius 3 is 2.57 bits per heavy atom. The summed E-state index contributed by atoms with van der Waals surface area (Å²) in [5, 5.41) is 3.04. The Kier molecular flexibility index (Phi) is 6.53. The molecule has 2 aromatic rings. The van der Waals surface area contributed by atoms with E-state index in [4.69, 9.17) is 4.74 Å². The highest BCUT2D eigenvalue weighted by molar-refractivity contribution is 6.05. The zero-order valence-corrected chi connectivity index (χ0v) is 16.1. The van der Waals surface area contributed by atoms with Gasteiger partial charge in [-0.15, -0.1) is 0 Å². The number of hydrogen-bond donors (Lipinski definition) is 1. The van der Waals surface area contributed by atoms with Crippen LogP contribution in [0.1, 0.15) is 58.6 Å². The van der Waals surface area contributed by atoms with Crippen LogP contribution < -0.4 is 5.32 Å². The molecule has 3 rings (SSSR count). The van der Waals surface area contributed by atoms with Gasteiger partial charge in [-0.3, -0.25) is 4.79 Å². The minimum Gasteiger partial charge on any atom is -0.458 e. The van der Waals surface area contributed by atoms with E-state index in [2.05, 4.69) is 21.9 Å². The fraction of sp³-hybridized carbons (Fsp3) is 0.364. The Balaban J connectivity index is 1.99. The van der Waals surface area contributed by atoms with E-state index in [1.54, 1.807) is 6.92 Å². The zero-order valence-electron chi connectivity index (χ0n) is 16.1. The third kappa shape index (κ3) is 4.63. The Morgan fingerprint density at radius 1 is 1.18 bits per heavy atom. The lowest BCUT2D eigenvalue weighted by Crippen LogP contribution is -2.37. The molecule has 1 aromatic heterocycles. The number of aryl methyl sites for hydroxylation is 1. The lowest BCUT2D eigenvalue weighted by molar-refractivity contribution is 0.0543. The van der Waals surface area contributed by atoms with Gasteiger partial charge in [-0.1, -0.05) is 62.2 Å². The highest BCUT2D eigenvalue weighted by Crippen LogP contribution is 2.22. The van der Waals surface area contributed by atoms with Crippen LogP contribution in [0.15, 0.2) is 43.0 Å². The molecule has 1 amide bonds. The van der Waals surface area contributed by atoms with Gasteiger partial charge in [-0.05, 0) is 19.8 Å². The van der Waals surface area contributed by atoms with Crippen molar-refractivity contribution in [3.8, 4) is 11.4 Å². The van der Waals surface area contributed by atoms with E-state index in [9.17, 15) is 9.59 Å². The number of rotatable bonds is 6. The van der Waals surface area contributed by atoms with Gasteiger partial charge in [0.1, 0.15) is 17.9 Å². The molecule has 146 valence electrons. The van der Waals surface area contributed by atoms with Crippen LogP contribution in [0, 0.1) is 6.92 Å². The molecule has 1 heterocycles. The van der Waals surface area contributed by atoms with Gasteiger partial charge in [0.05, 0.1) is 5.69 Å². The van der Waals surface area contributed by atoms with Crippen molar-refractivity contribution < 1.29 is 14.3 Å². The number of benzene rings is 1. The Labute approximate surface area is 165 Å². The van der Waals surface area contributed by atoms with Gasteiger partial charge >= 0.3 is 5.97 Å². The molecule has 1 N–H and O–H groups in total. The Morgan fingerprint density at radius 2 is 1.89 bits per heavy atom. The first-order chi connectivity index (χ1) is 13.6. The first kappa shape index (κ1) is 19.7. The van der Waals surface area contributed by atoms with E-state index >= 15 is 0 Å². The van der Waals surface area contributed by atoms with Gasteiger partial charge in [0.2, 0.25) is 0 Å². The topological polar surface area (TPSA) is 81.2 Å². The molecule has 6 nitrogen and oxygen atoms in total. The van der Waals surface area contributed by atoms with Crippen LogP contribution in [0.25, 0.3) is 11.4 Å². The molecule has 0 spiro atoms. The standard InChI is InChI=1S/C22H25N3O3/c1-3-14-28-22(27)18-15(2)23-20(16-10-6-4-7-11-16)25-19(18)21(26)24-17-12-8-5-9-13-17/h3-4,6-7,10-11,17H,1,5,8-9,12-14H2,2H3,(H,24,26). The van der Waals surface area contributed by atoms with Crippen molar-refractivity contribution in [2.45, 2.75) is 45.1 Å². The lowest BCUT2D eigenvalue weighted by atomic mass is 9.95. The van der Waals surface area contributed by atoms with E-state index in [0.717, 1.165) is 31.2 Å². The van der Waals surface area contributed by atoms with Gasteiger partial charge in [0.25, 0.3) is 5.91 Å². The summed E-state index contributed by atoms with van der Waals surface area (Å²) in [7, 11) is 0. The zero-order chi connectivity index (χ0) is 19.9. The molecule has 0 atom stereocenters. The number of nitrogens with one attached hydrogen (secondary N) is 1. The summed E-state index contributed by atoms with van der Waals surface area (Å²) < 4.78 is 5.17. The lowest BCUT2D eigenvalue weighted by Gasteiger charge is -2.23. The summed E-state index contributed by atoms with van der Waals surface area (Å²) >= 11 is 0. The number of amides is 1. The maximum absolute atomic E-state index is 13.0. The number of aromatic nitrogens is 2. The molecular weight excluding hydrogens is 354 g/mol. The fourth-order valence-corrected chi connectivity index (χ4v) is 3.41. The van der Waals surface area contributed by atoms with Gasteiger partial charge in [-0.2, -0.15) is 0 Å². The first-order valence-electron chi connectivity index (χ1n) is 9.63. The monoisotopic (exact) mass is 379 g/mol. The molecule has 0 radical (unpaired) electrons. The first-order valence-corrected chi connectivity index (χ1v) is 9.63. The minimum atomic E-state index is -0.620. The van der Waals surface area contributed by atoms with Crippen LogP contribution in [-0.2, 0) is 4.74 Å². The molecule has 0 unspecified atom stereocenters. The summed E-state index contributed by atoms with van der Waals surface area (Å²) in [6, 6.07) is 9.49. The molecule has 1 aliphatic rings. The van der Waals surface area contributed by atoms with Crippen LogP contribution in [-0.4, -0.2) is 34.5 Å². The van der Waals surface area contributed by atoms with Gasteiger partial charge in [0, 0.05) is 11.6 Å². The van der Waals surface area contributed by atoms with E-state index in [0.29, 0.717) is 11.5 Å². The number of nitrogens with zero attached hydrogens (tertiary/aromatic N) is 2. The average Bonchev–Trinajstić information content (AvgIpc) is 2.72. The van der Waals surface area contributed by atoms with Crippen molar-refractivity contribution >= 4 is 11.9 Å². The summed E-state index contributed by atoms with van der Waals surface area (Å²) in [5.74, 6) is -0.571. The molecule has 6 heteroatoms. The van der Waals surface area contributed by atoms with E-state index in [1.165, 1.54) is 12.5 Å². The SMILES string of the molecule is C=CCOC(=O)c1c(C)nc(-c2ccccc2)nc1C(=O)NC1CCCCC1. The minimum absolute atomic E-state index is 0.0579. The van der Waals surface area contributed by atoms with Gasteiger partial charge in [-0.25, -0.2) is 14.8 Å². The molecule has 0 saturated heterocycles.